The van der Waals surface area contributed by atoms with Crippen LogP contribution in [0.3, 0.4) is 0 Å². The number of amides is 2. The van der Waals surface area contributed by atoms with Gasteiger partial charge in [0.2, 0.25) is 18.6 Å². The van der Waals surface area contributed by atoms with Crippen molar-refractivity contribution in [1.82, 2.24) is 29.3 Å². The molecular weight excluding hydrogens is 586 g/mol. The first kappa shape index (κ1) is 26.2. The number of likely N-dealkylation sites (tertiary alicyclic amines) is 2. The summed E-state index contributed by atoms with van der Waals surface area (Å²) in [7, 11) is 0. The molecule has 3 aliphatic rings. The molecule has 2 aromatic heterocycles. The van der Waals surface area contributed by atoms with Gasteiger partial charge in [0.05, 0.1) is 0 Å². The van der Waals surface area contributed by atoms with Gasteiger partial charge in [0, 0.05) is 42.5 Å². The molecule has 0 saturated carbocycles. The highest BCUT2D eigenvalue weighted by molar-refractivity contribution is 9.10. The fraction of sp³-hybridized carbons (Fsp3) is 0.500. The van der Waals surface area contributed by atoms with Crippen molar-refractivity contribution in [3.63, 3.8) is 0 Å². The Hall–Kier alpha value is -3.06. The Kier molecular flexibility index (Phi) is 7.27. The summed E-state index contributed by atoms with van der Waals surface area (Å²) < 4.78 is 14.0. The standard InChI is InChI=1S/C26H30BrN7O4S/c1-15(35)33-7-2-3-18(33)25(36)32-8-4-16(5-9-32)6-10-34-24-22(23(28)29-13-30-24)31-26(34)39-21-12-20-19(11-17(21)27)37-14-38-20/h11-13,16,18H,2-10,14H2,1H3,(H2,28,29,30)/t18-/m0/s1. The number of aromatic nitrogens is 4. The maximum atomic E-state index is 13.1. The Bertz CT molecular complexity index is 1430. The molecule has 39 heavy (non-hydrogen) atoms. The van der Waals surface area contributed by atoms with Crippen molar-refractivity contribution < 1.29 is 19.1 Å². The van der Waals surface area contributed by atoms with E-state index in [1.54, 1.807) is 11.8 Å². The summed E-state index contributed by atoms with van der Waals surface area (Å²) in [6, 6.07) is 3.55. The van der Waals surface area contributed by atoms with Crippen molar-refractivity contribution in [2.45, 2.75) is 61.7 Å². The second kappa shape index (κ2) is 10.8. The topological polar surface area (TPSA) is 129 Å². The SMILES string of the molecule is CC(=O)N1CCC[C@H]1C(=O)N1CCC(CCn2c(Sc3cc4c(cc3Br)OCO4)nc3c(N)ncnc32)CC1. The highest BCUT2D eigenvalue weighted by atomic mass is 79.9. The highest BCUT2D eigenvalue weighted by Gasteiger charge is 2.36. The number of hydrogen-bond donors (Lipinski definition) is 1. The van der Waals surface area contributed by atoms with Crippen molar-refractivity contribution >= 4 is 56.5 Å². The van der Waals surface area contributed by atoms with Crippen molar-refractivity contribution in [3.8, 4) is 11.5 Å². The predicted molar refractivity (Wildman–Crippen MR) is 148 cm³/mol. The van der Waals surface area contributed by atoms with E-state index in [-0.39, 0.29) is 24.6 Å². The van der Waals surface area contributed by atoms with Gasteiger partial charge in [-0.3, -0.25) is 9.59 Å². The average Bonchev–Trinajstić information content (AvgIpc) is 3.67. The van der Waals surface area contributed by atoms with E-state index in [1.807, 2.05) is 17.0 Å². The van der Waals surface area contributed by atoms with Crippen LogP contribution in [-0.4, -0.2) is 73.6 Å². The Morgan fingerprint density at radius 2 is 1.90 bits per heavy atom. The van der Waals surface area contributed by atoms with Gasteiger partial charge in [-0.1, -0.05) is 11.8 Å². The first-order valence-corrected chi connectivity index (χ1v) is 14.8. The zero-order valence-electron chi connectivity index (χ0n) is 21.6. The van der Waals surface area contributed by atoms with Crippen LogP contribution in [0, 0.1) is 5.92 Å². The number of nitrogens with zero attached hydrogens (tertiary/aromatic N) is 6. The number of rotatable bonds is 6. The summed E-state index contributed by atoms with van der Waals surface area (Å²) in [6.45, 7) is 4.60. The maximum Gasteiger partial charge on any atom is 0.245 e. The number of anilines is 1. The Labute approximate surface area is 238 Å². The summed E-state index contributed by atoms with van der Waals surface area (Å²) in [5.41, 5.74) is 7.45. The maximum absolute atomic E-state index is 13.1. The van der Waals surface area contributed by atoms with Crippen LogP contribution in [0.15, 0.2) is 33.0 Å². The van der Waals surface area contributed by atoms with Crippen molar-refractivity contribution in [2.75, 3.05) is 32.2 Å². The lowest BCUT2D eigenvalue weighted by Crippen LogP contribution is -2.49. The molecule has 0 aliphatic carbocycles. The van der Waals surface area contributed by atoms with Crippen molar-refractivity contribution in [2.24, 2.45) is 5.92 Å². The molecule has 2 saturated heterocycles. The van der Waals surface area contributed by atoms with Crippen LogP contribution in [0.4, 0.5) is 5.82 Å². The summed E-state index contributed by atoms with van der Waals surface area (Å²) in [4.78, 5) is 43.1. The lowest BCUT2D eigenvalue weighted by atomic mass is 9.93. The number of fused-ring (bicyclic) bond motifs is 2. The molecule has 0 unspecified atom stereocenters. The van der Waals surface area contributed by atoms with Gasteiger partial charge in [0.1, 0.15) is 12.4 Å². The van der Waals surface area contributed by atoms with Crippen LogP contribution >= 0.6 is 27.7 Å². The molecule has 0 bridgehead atoms. The van der Waals surface area contributed by atoms with Crippen LogP contribution in [-0.2, 0) is 16.1 Å². The third kappa shape index (κ3) is 5.13. The molecule has 5 heterocycles. The smallest absolute Gasteiger partial charge is 0.245 e. The molecule has 206 valence electrons. The van der Waals surface area contributed by atoms with E-state index in [4.69, 9.17) is 20.2 Å². The van der Waals surface area contributed by atoms with E-state index < -0.39 is 0 Å². The Morgan fingerprint density at radius 1 is 1.13 bits per heavy atom. The van der Waals surface area contributed by atoms with E-state index in [9.17, 15) is 9.59 Å². The number of benzene rings is 1. The summed E-state index contributed by atoms with van der Waals surface area (Å²) in [5.74, 6) is 2.31. The fourth-order valence-corrected chi connectivity index (χ4v) is 7.16. The fourth-order valence-electron chi connectivity index (χ4n) is 5.65. The van der Waals surface area contributed by atoms with E-state index in [0.717, 1.165) is 66.3 Å². The molecule has 0 radical (unpaired) electrons. The lowest BCUT2D eigenvalue weighted by Gasteiger charge is -2.35. The number of nitrogen functional groups attached to an aromatic ring is 1. The van der Waals surface area contributed by atoms with Gasteiger partial charge in [-0.05, 0) is 66.1 Å². The molecule has 0 spiro atoms. The Morgan fingerprint density at radius 3 is 2.67 bits per heavy atom. The molecule has 13 heteroatoms. The van der Waals surface area contributed by atoms with Crippen LogP contribution in [0.2, 0.25) is 0 Å². The van der Waals surface area contributed by atoms with E-state index in [0.29, 0.717) is 40.9 Å². The number of imidazole rings is 1. The van der Waals surface area contributed by atoms with E-state index in [1.165, 1.54) is 18.1 Å². The normalized spacial score (nSPS) is 19.3. The molecule has 2 fully saturated rings. The zero-order chi connectivity index (χ0) is 27.1. The number of halogens is 1. The van der Waals surface area contributed by atoms with Gasteiger partial charge < -0.3 is 29.6 Å². The van der Waals surface area contributed by atoms with Gasteiger partial charge in [0.15, 0.2) is 33.6 Å². The van der Waals surface area contributed by atoms with Gasteiger partial charge >= 0.3 is 0 Å². The minimum atomic E-state index is -0.295. The first-order valence-electron chi connectivity index (χ1n) is 13.2. The lowest BCUT2D eigenvalue weighted by molar-refractivity contribution is -0.143. The molecule has 2 amide bonds. The van der Waals surface area contributed by atoms with E-state index in [2.05, 4.69) is 30.5 Å². The van der Waals surface area contributed by atoms with Gasteiger partial charge in [-0.15, -0.1) is 0 Å². The molecule has 2 N–H and O–H groups in total. The molecule has 1 aromatic carbocycles. The molecule has 1 atom stereocenters. The Balaban J connectivity index is 1.15. The van der Waals surface area contributed by atoms with Gasteiger partial charge in [-0.25, -0.2) is 15.0 Å². The van der Waals surface area contributed by atoms with Crippen LogP contribution < -0.4 is 15.2 Å². The van der Waals surface area contributed by atoms with Crippen LogP contribution in [0.25, 0.3) is 11.2 Å². The predicted octanol–water partition coefficient (Wildman–Crippen LogP) is 3.69. The minimum Gasteiger partial charge on any atom is -0.454 e. The third-order valence-corrected chi connectivity index (χ3v) is 9.75. The number of carbonyl (C=O) groups excluding carboxylic acids is 2. The highest BCUT2D eigenvalue weighted by Crippen LogP contribution is 2.43. The molecule has 3 aliphatic heterocycles. The number of ether oxygens (including phenoxy) is 2. The van der Waals surface area contributed by atoms with Crippen molar-refractivity contribution in [1.29, 1.82) is 0 Å². The van der Waals surface area contributed by atoms with Gasteiger partial charge in [0.25, 0.3) is 0 Å². The quantitative estimate of drug-likeness (QED) is 0.441. The number of hydrogen-bond acceptors (Lipinski definition) is 9. The van der Waals surface area contributed by atoms with Gasteiger partial charge in [-0.2, -0.15) is 0 Å². The van der Waals surface area contributed by atoms with E-state index >= 15 is 0 Å². The summed E-state index contributed by atoms with van der Waals surface area (Å²) in [6.07, 6.45) is 5.91. The number of piperidine rings is 1. The monoisotopic (exact) mass is 615 g/mol. The van der Waals surface area contributed by atoms with Crippen LogP contribution in [0.5, 0.6) is 11.5 Å². The third-order valence-electron chi connectivity index (χ3n) is 7.78. The van der Waals surface area contributed by atoms with Crippen molar-refractivity contribution in [3.05, 3.63) is 22.9 Å². The first-order chi connectivity index (χ1) is 18.9. The molecular formula is C26H30BrN7O4S. The number of aryl methyl sites for hydroxylation is 1. The number of carbonyl (C=O) groups is 2. The van der Waals surface area contributed by atoms with Crippen LogP contribution in [0.1, 0.15) is 39.0 Å². The summed E-state index contributed by atoms with van der Waals surface area (Å²) in [5, 5.41) is 0.773. The molecule has 3 aromatic rings. The minimum absolute atomic E-state index is 0.0146. The molecule has 6 rings (SSSR count). The second-order valence-electron chi connectivity index (χ2n) is 10.1. The molecule has 11 nitrogen and oxygen atoms in total. The average molecular weight is 617 g/mol. The summed E-state index contributed by atoms with van der Waals surface area (Å²) >= 11 is 5.15. The number of nitrogens with two attached hydrogens (primary N) is 1. The zero-order valence-corrected chi connectivity index (χ0v) is 24.0. The largest absolute Gasteiger partial charge is 0.454 e. The second-order valence-corrected chi connectivity index (χ2v) is 12.0.